The van der Waals surface area contributed by atoms with Crippen LogP contribution in [0.5, 0.6) is 0 Å². The monoisotopic (exact) mass is 277 g/mol. The predicted molar refractivity (Wildman–Crippen MR) is 77.8 cm³/mol. The van der Waals surface area contributed by atoms with E-state index in [0.29, 0.717) is 6.54 Å². The van der Waals surface area contributed by atoms with Crippen molar-refractivity contribution in [1.29, 1.82) is 0 Å². The summed E-state index contributed by atoms with van der Waals surface area (Å²) in [6, 6.07) is 13.4. The normalized spacial score (nSPS) is 12.4. The molecule has 19 heavy (non-hydrogen) atoms. The number of rotatable bonds is 4. The van der Waals surface area contributed by atoms with E-state index in [9.17, 15) is 4.39 Å². The molecule has 0 aliphatic carbocycles. The number of hydrogen-bond donors (Lipinski definition) is 1. The van der Waals surface area contributed by atoms with E-state index in [1.807, 2.05) is 6.07 Å². The van der Waals surface area contributed by atoms with Crippen molar-refractivity contribution >= 4 is 11.6 Å². The Morgan fingerprint density at radius 3 is 2.53 bits per heavy atom. The largest absolute Gasteiger partial charge is 0.306 e. The predicted octanol–water partition coefficient (Wildman–Crippen LogP) is 4.64. The molecule has 0 spiro atoms. The zero-order valence-electron chi connectivity index (χ0n) is 11.1. The van der Waals surface area contributed by atoms with Gasteiger partial charge in [0.1, 0.15) is 5.82 Å². The second-order valence-corrected chi connectivity index (χ2v) is 5.10. The van der Waals surface area contributed by atoms with Crippen molar-refractivity contribution in [1.82, 2.24) is 5.32 Å². The molecule has 0 aromatic heterocycles. The van der Waals surface area contributed by atoms with Gasteiger partial charge in [-0.2, -0.15) is 0 Å². The van der Waals surface area contributed by atoms with Gasteiger partial charge in [0, 0.05) is 12.6 Å². The van der Waals surface area contributed by atoms with Crippen molar-refractivity contribution in [3.63, 3.8) is 0 Å². The maximum absolute atomic E-state index is 13.3. The van der Waals surface area contributed by atoms with E-state index in [4.69, 9.17) is 11.6 Å². The summed E-state index contributed by atoms with van der Waals surface area (Å²) in [5.41, 5.74) is 3.22. The van der Waals surface area contributed by atoms with E-state index in [1.165, 1.54) is 17.2 Å². The Morgan fingerprint density at radius 1 is 1.16 bits per heavy atom. The summed E-state index contributed by atoms with van der Waals surface area (Å²) < 4.78 is 13.3. The lowest BCUT2D eigenvalue weighted by molar-refractivity contribution is 0.569. The van der Waals surface area contributed by atoms with Crippen LogP contribution in [0.3, 0.4) is 0 Å². The third-order valence-electron chi connectivity index (χ3n) is 3.21. The minimum atomic E-state index is -0.371. The molecule has 0 radical (unpaired) electrons. The molecule has 0 unspecified atom stereocenters. The molecule has 0 saturated carbocycles. The van der Waals surface area contributed by atoms with E-state index in [-0.39, 0.29) is 16.9 Å². The lowest BCUT2D eigenvalue weighted by Gasteiger charge is -2.15. The summed E-state index contributed by atoms with van der Waals surface area (Å²) in [6.45, 7) is 4.69. The number of aryl methyl sites for hydroxylation is 1. The summed E-state index contributed by atoms with van der Waals surface area (Å²) in [5.74, 6) is -0.371. The Balaban J connectivity index is 2.02. The molecule has 2 rings (SSSR count). The summed E-state index contributed by atoms with van der Waals surface area (Å²) in [5, 5.41) is 3.55. The van der Waals surface area contributed by atoms with Crippen LogP contribution in [0.4, 0.5) is 4.39 Å². The van der Waals surface area contributed by atoms with Crippen LogP contribution in [0.1, 0.15) is 29.7 Å². The first-order valence-electron chi connectivity index (χ1n) is 6.31. The molecule has 0 heterocycles. The topological polar surface area (TPSA) is 12.0 Å². The van der Waals surface area contributed by atoms with Crippen LogP contribution in [0.25, 0.3) is 0 Å². The molecular weight excluding hydrogens is 261 g/mol. The summed E-state index contributed by atoms with van der Waals surface area (Å²) >= 11 is 5.93. The fraction of sp³-hybridized carbons (Fsp3) is 0.250. The highest BCUT2D eigenvalue weighted by atomic mass is 35.5. The summed E-state index contributed by atoms with van der Waals surface area (Å²) in [7, 11) is 0. The van der Waals surface area contributed by atoms with Gasteiger partial charge in [-0.05, 0) is 31.0 Å². The van der Waals surface area contributed by atoms with Crippen LogP contribution >= 0.6 is 11.6 Å². The Kier molecular flexibility index (Phi) is 4.56. The van der Waals surface area contributed by atoms with Gasteiger partial charge in [-0.3, -0.25) is 0 Å². The van der Waals surface area contributed by atoms with Crippen molar-refractivity contribution in [2.45, 2.75) is 26.4 Å². The maximum Gasteiger partial charge on any atom is 0.142 e. The van der Waals surface area contributed by atoms with Gasteiger partial charge in [0.05, 0.1) is 5.02 Å². The first-order chi connectivity index (χ1) is 9.08. The third kappa shape index (κ3) is 3.55. The molecule has 0 fully saturated rings. The van der Waals surface area contributed by atoms with Crippen molar-refractivity contribution < 1.29 is 4.39 Å². The minimum Gasteiger partial charge on any atom is -0.306 e. The Labute approximate surface area is 118 Å². The van der Waals surface area contributed by atoms with Crippen molar-refractivity contribution in [2.75, 3.05) is 0 Å². The Morgan fingerprint density at radius 2 is 1.84 bits per heavy atom. The standard InChI is InChI=1S/C16H17ClFN/c1-11-6-8-13(9-7-11)12(2)19-10-14-4-3-5-15(18)16(14)17/h3-9,12,19H,10H2,1-2H3/t12-/m1/s1. The molecule has 1 atom stereocenters. The SMILES string of the molecule is Cc1ccc([C@@H](C)NCc2cccc(F)c2Cl)cc1. The van der Waals surface area contributed by atoms with Gasteiger partial charge in [0.15, 0.2) is 0 Å². The third-order valence-corrected chi connectivity index (χ3v) is 3.63. The van der Waals surface area contributed by atoms with Crippen LogP contribution < -0.4 is 5.32 Å². The van der Waals surface area contributed by atoms with E-state index >= 15 is 0 Å². The quantitative estimate of drug-likeness (QED) is 0.858. The molecule has 2 aromatic carbocycles. The maximum atomic E-state index is 13.3. The zero-order chi connectivity index (χ0) is 13.8. The van der Waals surface area contributed by atoms with Crippen LogP contribution in [0.2, 0.25) is 5.02 Å². The fourth-order valence-corrected chi connectivity index (χ4v) is 2.11. The highest BCUT2D eigenvalue weighted by molar-refractivity contribution is 6.31. The van der Waals surface area contributed by atoms with Crippen LogP contribution in [-0.4, -0.2) is 0 Å². The smallest absolute Gasteiger partial charge is 0.142 e. The molecule has 2 aromatic rings. The number of hydrogen-bond acceptors (Lipinski definition) is 1. The molecule has 1 N–H and O–H groups in total. The average molecular weight is 278 g/mol. The first kappa shape index (κ1) is 14.0. The zero-order valence-corrected chi connectivity index (χ0v) is 11.8. The highest BCUT2D eigenvalue weighted by Crippen LogP contribution is 2.21. The van der Waals surface area contributed by atoms with Gasteiger partial charge in [-0.25, -0.2) is 4.39 Å². The lowest BCUT2D eigenvalue weighted by Crippen LogP contribution is -2.18. The fourth-order valence-electron chi connectivity index (χ4n) is 1.92. The van der Waals surface area contributed by atoms with Crippen LogP contribution in [-0.2, 0) is 6.54 Å². The van der Waals surface area contributed by atoms with Gasteiger partial charge in [0.25, 0.3) is 0 Å². The number of halogens is 2. The molecule has 0 saturated heterocycles. The Hall–Kier alpha value is -1.38. The molecule has 1 nitrogen and oxygen atoms in total. The van der Waals surface area contributed by atoms with Crippen LogP contribution in [0, 0.1) is 12.7 Å². The van der Waals surface area contributed by atoms with E-state index in [2.05, 4.69) is 43.4 Å². The molecule has 100 valence electrons. The van der Waals surface area contributed by atoms with E-state index < -0.39 is 0 Å². The van der Waals surface area contributed by atoms with Gasteiger partial charge in [0.2, 0.25) is 0 Å². The van der Waals surface area contributed by atoms with Crippen molar-refractivity contribution in [2.24, 2.45) is 0 Å². The number of nitrogens with one attached hydrogen (secondary N) is 1. The molecule has 0 aliphatic heterocycles. The summed E-state index contributed by atoms with van der Waals surface area (Å²) in [6.07, 6.45) is 0. The second kappa shape index (κ2) is 6.18. The molecule has 0 amide bonds. The highest BCUT2D eigenvalue weighted by Gasteiger charge is 2.08. The van der Waals surface area contributed by atoms with Gasteiger partial charge in [-0.15, -0.1) is 0 Å². The van der Waals surface area contributed by atoms with Crippen LogP contribution in [0.15, 0.2) is 42.5 Å². The average Bonchev–Trinajstić information content (AvgIpc) is 2.41. The van der Waals surface area contributed by atoms with Crippen molar-refractivity contribution in [3.05, 3.63) is 70.0 Å². The van der Waals surface area contributed by atoms with Gasteiger partial charge >= 0.3 is 0 Å². The van der Waals surface area contributed by atoms with Gasteiger partial charge < -0.3 is 5.32 Å². The molecule has 3 heteroatoms. The van der Waals surface area contributed by atoms with Crippen molar-refractivity contribution in [3.8, 4) is 0 Å². The first-order valence-corrected chi connectivity index (χ1v) is 6.68. The van der Waals surface area contributed by atoms with E-state index in [1.54, 1.807) is 6.07 Å². The minimum absolute atomic E-state index is 0.194. The Bertz CT molecular complexity index is 551. The molecule has 0 bridgehead atoms. The molecule has 0 aliphatic rings. The summed E-state index contributed by atoms with van der Waals surface area (Å²) in [4.78, 5) is 0. The lowest BCUT2D eigenvalue weighted by atomic mass is 10.1. The number of benzene rings is 2. The van der Waals surface area contributed by atoms with Gasteiger partial charge in [-0.1, -0.05) is 53.6 Å². The second-order valence-electron chi connectivity index (χ2n) is 4.73. The molecular formula is C16H17ClFN. The van der Waals surface area contributed by atoms with E-state index in [0.717, 1.165) is 5.56 Å².